The standard InChI is InChI=1S/C15H14N4O4/c1-23-14-5-9(4-13(15(14)20)19(21)22)7-16-11-2-3-12-10(6-11)8-17-18-12/h2-6,8,16,20H,7H2,1H3,(H,17,18). The summed E-state index contributed by atoms with van der Waals surface area (Å²) in [6.45, 7) is 0.348. The molecular formula is C15H14N4O4. The molecular weight excluding hydrogens is 300 g/mol. The lowest BCUT2D eigenvalue weighted by molar-refractivity contribution is -0.386. The van der Waals surface area contributed by atoms with Crippen molar-refractivity contribution in [3.63, 3.8) is 0 Å². The van der Waals surface area contributed by atoms with E-state index in [2.05, 4.69) is 15.5 Å². The predicted molar refractivity (Wildman–Crippen MR) is 84.7 cm³/mol. The molecule has 1 heterocycles. The summed E-state index contributed by atoms with van der Waals surface area (Å²) in [7, 11) is 1.35. The molecule has 3 aromatic rings. The number of aromatic hydroxyl groups is 1. The maximum atomic E-state index is 11.0. The van der Waals surface area contributed by atoms with Crippen LogP contribution in [0.2, 0.25) is 0 Å². The fraction of sp³-hybridized carbons (Fsp3) is 0.133. The zero-order chi connectivity index (χ0) is 16.4. The Kier molecular flexibility index (Phi) is 3.71. The van der Waals surface area contributed by atoms with Crippen LogP contribution < -0.4 is 10.1 Å². The van der Waals surface area contributed by atoms with Gasteiger partial charge in [0, 0.05) is 23.7 Å². The van der Waals surface area contributed by atoms with E-state index in [1.807, 2.05) is 18.2 Å². The third kappa shape index (κ3) is 2.86. The quantitative estimate of drug-likeness (QED) is 0.493. The highest BCUT2D eigenvalue weighted by Gasteiger charge is 2.19. The smallest absolute Gasteiger partial charge is 0.315 e. The number of phenols is 1. The zero-order valence-corrected chi connectivity index (χ0v) is 12.2. The van der Waals surface area contributed by atoms with Crippen molar-refractivity contribution in [2.24, 2.45) is 0 Å². The predicted octanol–water partition coefficient (Wildman–Crippen LogP) is 2.80. The number of aromatic amines is 1. The number of nitrogens with zero attached hydrogens (tertiary/aromatic N) is 2. The lowest BCUT2D eigenvalue weighted by Crippen LogP contribution is -2.01. The summed E-state index contributed by atoms with van der Waals surface area (Å²) in [4.78, 5) is 10.4. The van der Waals surface area contributed by atoms with Crippen LogP contribution in [0.3, 0.4) is 0 Å². The van der Waals surface area contributed by atoms with Crippen molar-refractivity contribution in [1.29, 1.82) is 0 Å². The molecule has 0 radical (unpaired) electrons. The molecule has 3 rings (SSSR count). The Balaban J connectivity index is 1.84. The van der Waals surface area contributed by atoms with Crippen LogP contribution in [0.5, 0.6) is 11.5 Å². The molecule has 8 heteroatoms. The first-order valence-corrected chi connectivity index (χ1v) is 6.80. The molecule has 0 amide bonds. The van der Waals surface area contributed by atoms with Crippen LogP contribution in [0.25, 0.3) is 10.9 Å². The van der Waals surface area contributed by atoms with Crippen LogP contribution in [-0.4, -0.2) is 27.3 Å². The van der Waals surface area contributed by atoms with Crippen molar-refractivity contribution in [3.05, 3.63) is 52.2 Å². The number of aromatic nitrogens is 2. The summed E-state index contributed by atoms with van der Waals surface area (Å²) in [6, 6.07) is 8.58. The van der Waals surface area contributed by atoms with E-state index in [0.717, 1.165) is 16.6 Å². The van der Waals surface area contributed by atoms with Gasteiger partial charge in [-0.25, -0.2) is 0 Å². The van der Waals surface area contributed by atoms with E-state index < -0.39 is 10.7 Å². The number of rotatable bonds is 5. The summed E-state index contributed by atoms with van der Waals surface area (Å²) in [5.74, 6) is -0.401. The highest BCUT2D eigenvalue weighted by Crippen LogP contribution is 2.37. The van der Waals surface area contributed by atoms with E-state index in [4.69, 9.17) is 4.74 Å². The topological polar surface area (TPSA) is 113 Å². The molecule has 0 bridgehead atoms. The van der Waals surface area contributed by atoms with Crippen molar-refractivity contribution in [2.75, 3.05) is 12.4 Å². The fourth-order valence-corrected chi connectivity index (χ4v) is 2.30. The van der Waals surface area contributed by atoms with E-state index in [9.17, 15) is 15.2 Å². The molecule has 8 nitrogen and oxygen atoms in total. The molecule has 0 fully saturated rings. The van der Waals surface area contributed by atoms with Crippen LogP contribution >= 0.6 is 0 Å². The number of nitro groups is 1. The number of anilines is 1. The van der Waals surface area contributed by atoms with Crippen LogP contribution in [0.1, 0.15) is 5.56 Å². The second kappa shape index (κ2) is 5.84. The average molecular weight is 314 g/mol. The second-order valence-electron chi connectivity index (χ2n) is 4.95. The van der Waals surface area contributed by atoms with Crippen LogP contribution in [0.4, 0.5) is 11.4 Å². The Morgan fingerprint density at radius 2 is 2.22 bits per heavy atom. The van der Waals surface area contributed by atoms with Crippen LogP contribution in [0.15, 0.2) is 36.5 Å². The van der Waals surface area contributed by atoms with E-state index in [1.54, 1.807) is 12.3 Å². The van der Waals surface area contributed by atoms with E-state index in [1.165, 1.54) is 13.2 Å². The lowest BCUT2D eigenvalue weighted by Gasteiger charge is -2.10. The number of H-pyrrole nitrogens is 1. The number of hydrogen-bond donors (Lipinski definition) is 3. The van der Waals surface area contributed by atoms with Gasteiger partial charge in [-0.3, -0.25) is 15.2 Å². The monoisotopic (exact) mass is 314 g/mol. The molecule has 0 unspecified atom stereocenters. The lowest BCUT2D eigenvalue weighted by atomic mass is 10.1. The van der Waals surface area contributed by atoms with E-state index >= 15 is 0 Å². The van der Waals surface area contributed by atoms with Gasteiger partial charge in [0.15, 0.2) is 5.75 Å². The molecule has 0 aliphatic rings. The van der Waals surface area contributed by atoms with Crippen molar-refractivity contribution in [2.45, 2.75) is 6.54 Å². The van der Waals surface area contributed by atoms with Gasteiger partial charge in [-0.05, 0) is 29.8 Å². The van der Waals surface area contributed by atoms with Gasteiger partial charge >= 0.3 is 5.69 Å². The van der Waals surface area contributed by atoms with Gasteiger partial charge in [-0.1, -0.05) is 0 Å². The van der Waals surface area contributed by atoms with Crippen LogP contribution in [0, 0.1) is 10.1 Å². The van der Waals surface area contributed by atoms with Crippen LogP contribution in [-0.2, 0) is 6.54 Å². The minimum absolute atomic E-state index is 0.0706. The molecule has 0 saturated carbocycles. The first-order valence-electron chi connectivity index (χ1n) is 6.80. The third-order valence-electron chi connectivity index (χ3n) is 3.47. The Morgan fingerprint density at radius 3 is 2.96 bits per heavy atom. The normalized spacial score (nSPS) is 10.7. The molecule has 0 aliphatic carbocycles. The Labute approximate surface area is 130 Å². The molecule has 2 aromatic carbocycles. The number of hydrogen-bond acceptors (Lipinski definition) is 6. The Hall–Kier alpha value is -3.29. The Bertz CT molecular complexity index is 875. The molecule has 23 heavy (non-hydrogen) atoms. The van der Waals surface area contributed by atoms with Crippen molar-refractivity contribution in [1.82, 2.24) is 10.2 Å². The number of methoxy groups -OCH3 is 1. The average Bonchev–Trinajstić information content (AvgIpc) is 3.01. The van der Waals surface area contributed by atoms with Crippen molar-refractivity contribution in [3.8, 4) is 11.5 Å². The van der Waals surface area contributed by atoms with Crippen molar-refractivity contribution >= 4 is 22.3 Å². The largest absolute Gasteiger partial charge is 0.500 e. The Morgan fingerprint density at radius 1 is 1.39 bits per heavy atom. The minimum atomic E-state index is -0.640. The highest BCUT2D eigenvalue weighted by atomic mass is 16.6. The zero-order valence-electron chi connectivity index (χ0n) is 12.2. The first-order chi connectivity index (χ1) is 11.1. The summed E-state index contributed by atoms with van der Waals surface area (Å²) in [5, 5.41) is 31.7. The van der Waals surface area contributed by atoms with Gasteiger partial charge in [0.2, 0.25) is 5.75 Å². The molecule has 0 spiro atoms. The van der Waals surface area contributed by atoms with Gasteiger partial charge in [-0.15, -0.1) is 0 Å². The number of ether oxygens (including phenoxy) is 1. The maximum absolute atomic E-state index is 11.0. The molecule has 0 atom stereocenters. The number of nitrogens with one attached hydrogen (secondary N) is 2. The fourth-order valence-electron chi connectivity index (χ4n) is 2.30. The molecule has 0 saturated heterocycles. The van der Waals surface area contributed by atoms with Gasteiger partial charge in [-0.2, -0.15) is 5.10 Å². The van der Waals surface area contributed by atoms with Gasteiger partial charge in [0.1, 0.15) is 0 Å². The molecule has 3 N–H and O–H groups in total. The SMILES string of the molecule is COc1cc(CNc2ccc3[nH]ncc3c2)cc([N+](=O)[O-])c1O. The van der Waals surface area contributed by atoms with Gasteiger partial charge in [0.05, 0.1) is 23.7 Å². The summed E-state index contributed by atoms with van der Waals surface area (Å²) in [5.41, 5.74) is 2.02. The number of nitro benzene ring substituents is 1. The summed E-state index contributed by atoms with van der Waals surface area (Å²) >= 11 is 0. The highest BCUT2D eigenvalue weighted by molar-refractivity contribution is 5.81. The van der Waals surface area contributed by atoms with E-state index in [-0.39, 0.29) is 11.4 Å². The molecule has 1 aromatic heterocycles. The first kappa shape index (κ1) is 14.6. The second-order valence-corrected chi connectivity index (χ2v) is 4.95. The minimum Gasteiger partial charge on any atom is -0.500 e. The molecule has 118 valence electrons. The number of benzene rings is 2. The van der Waals surface area contributed by atoms with Gasteiger partial charge in [0.25, 0.3) is 0 Å². The molecule has 0 aliphatic heterocycles. The summed E-state index contributed by atoms with van der Waals surface area (Å²) < 4.78 is 4.98. The van der Waals surface area contributed by atoms with Crippen molar-refractivity contribution < 1.29 is 14.8 Å². The number of fused-ring (bicyclic) bond motifs is 1. The van der Waals surface area contributed by atoms with Gasteiger partial charge < -0.3 is 15.2 Å². The maximum Gasteiger partial charge on any atom is 0.315 e. The third-order valence-corrected chi connectivity index (χ3v) is 3.47. The number of phenolic OH excluding ortho intramolecular Hbond substituents is 1. The summed E-state index contributed by atoms with van der Waals surface area (Å²) in [6.07, 6.45) is 1.72. The van der Waals surface area contributed by atoms with E-state index in [0.29, 0.717) is 12.1 Å².